The summed E-state index contributed by atoms with van der Waals surface area (Å²) in [6, 6.07) is 10.3. The van der Waals surface area contributed by atoms with E-state index in [1.807, 2.05) is 0 Å². The van der Waals surface area contributed by atoms with Crippen LogP contribution in [0, 0.1) is 0 Å². The van der Waals surface area contributed by atoms with Gasteiger partial charge in [-0.15, -0.1) is 0 Å². The first-order valence-corrected chi connectivity index (χ1v) is 10.3. The highest BCUT2D eigenvalue weighted by atomic mass is 32.2. The Labute approximate surface area is 162 Å². The average Bonchev–Trinajstić information content (AvgIpc) is 2.67. The van der Waals surface area contributed by atoms with E-state index in [2.05, 4.69) is 5.32 Å². The Morgan fingerprint density at radius 1 is 1.04 bits per heavy atom. The fourth-order valence-corrected chi connectivity index (χ4v) is 3.12. The number of hydrogen-bond donors (Lipinski definition) is 1. The third kappa shape index (κ3) is 4.61. The Morgan fingerprint density at radius 2 is 1.68 bits per heavy atom. The first kappa shape index (κ1) is 19.7. The molecule has 1 aliphatic rings. The molecule has 1 heterocycles. The minimum atomic E-state index is -3.36. The van der Waals surface area contributed by atoms with Gasteiger partial charge in [0.25, 0.3) is 5.91 Å². The van der Waals surface area contributed by atoms with E-state index >= 15 is 0 Å². The number of benzene rings is 2. The highest BCUT2D eigenvalue weighted by Crippen LogP contribution is 2.32. The summed E-state index contributed by atoms with van der Waals surface area (Å²) in [5, 5.41) is 2.65. The van der Waals surface area contributed by atoms with Gasteiger partial charge in [0.1, 0.15) is 13.2 Å². The number of fused-ring (bicyclic) bond motifs is 1. The number of nitrogens with one attached hydrogen (secondary N) is 1. The van der Waals surface area contributed by atoms with Gasteiger partial charge in [-0.3, -0.25) is 4.79 Å². The molecule has 1 N–H and O–H groups in total. The van der Waals surface area contributed by atoms with Gasteiger partial charge in [-0.25, -0.2) is 13.2 Å². The molecule has 28 heavy (non-hydrogen) atoms. The van der Waals surface area contributed by atoms with Gasteiger partial charge in [0.2, 0.25) is 0 Å². The van der Waals surface area contributed by atoms with Crippen molar-refractivity contribution in [3.63, 3.8) is 0 Å². The second-order valence-electron chi connectivity index (χ2n) is 6.19. The zero-order valence-corrected chi connectivity index (χ0v) is 16.1. The molecule has 0 radical (unpaired) electrons. The number of ether oxygens (including phenoxy) is 3. The molecule has 0 aromatic heterocycles. The molecule has 0 saturated carbocycles. The molecule has 2 aromatic carbocycles. The van der Waals surface area contributed by atoms with Gasteiger partial charge in [0, 0.05) is 18.0 Å². The standard InChI is InChI=1S/C19H19NO7S/c1-12(27-19(22)13-3-6-15(7-4-13)28(2,23)24)18(21)20-14-5-8-16-17(11-14)26-10-9-25-16/h3-8,11-12H,9-10H2,1-2H3,(H,20,21). The molecule has 148 valence electrons. The SMILES string of the molecule is CC(OC(=O)c1ccc(S(C)(=O)=O)cc1)C(=O)Nc1ccc2c(c1)OCCO2. The number of hydrogen-bond acceptors (Lipinski definition) is 7. The lowest BCUT2D eigenvalue weighted by molar-refractivity contribution is -0.123. The minimum Gasteiger partial charge on any atom is -0.486 e. The summed E-state index contributed by atoms with van der Waals surface area (Å²) in [6.07, 6.45) is 0.0141. The van der Waals surface area contributed by atoms with Gasteiger partial charge >= 0.3 is 5.97 Å². The van der Waals surface area contributed by atoms with E-state index in [0.29, 0.717) is 30.4 Å². The van der Waals surface area contributed by atoms with Crippen molar-refractivity contribution in [1.82, 2.24) is 0 Å². The second kappa shape index (κ2) is 7.89. The summed E-state index contributed by atoms with van der Waals surface area (Å²) >= 11 is 0. The van der Waals surface area contributed by atoms with Crippen molar-refractivity contribution < 1.29 is 32.2 Å². The van der Waals surface area contributed by atoms with Crippen LogP contribution < -0.4 is 14.8 Å². The molecule has 8 nitrogen and oxygen atoms in total. The number of amides is 1. The smallest absolute Gasteiger partial charge is 0.338 e. The van der Waals surface area contributed by atoms with E-state index in [1.165, 1.54) is 31.2 Å². The third-order valence-corrected chi connectivity index (χ3v) is 5.11. The Bertz CT molecular complexity index is 999. The van der Waals surface area contributed by atoms with E-state index in [0.717, 1.165) is 6.26 Å². The maximum Gasteiger partial charge on any atom is 0.338 e. The molecule has 1 aliphatic heterocycles. The number of carbonyl (C=O) groups excluding carboxylic acids is 2. The normalized spacial score (nSPS) is 14.1. The maximum atomic E-state index is 12.3. The van der Waals surface area contributed by atoms with Crippen LogP contribution in [0.5, 0.6) is 11.5 Å². The maximum absolute atomic E-state index is 12.3. The van der Waals surface area contributed by atoms with Crippen molar-refractivity contribution in [2.45, 2.75) is 17.9 Å². The van der Waals surface area contributed by atoms with Gasteiger partial charge in [0.15, 0.2) is 27.4 Å². The van der Waals surface area contributed by atoms with Crippen LogP contribution in [-0.2, 0) is 19.4 Å². The zero-order chi connectivity index (χ0) is 20.3. The summed E-state index contributed by atoms with van der Waals surface area (Å²) in [6.45, 7) is 2.34. The monoisotopic (exact) mass is 405 g/mol. The van der Waals surface area contributed by atoms with Gasteiger partial charge in [-0.1, -0.05) is 0 Å². The molecule has 0 bridgehead atoms. The van der Waals surface area contributed by atoms with Crippen LogP contribution >= 0.6 is 0 Å². The van der Waals surface area contributed by atoms with E-state index in [4.69, 9.17) is 14.2 Å². The van der Waals surface area contributed by atoms with Crippen LogP contribution in [0.4, 0.5) is 5.69 Å². The lowest BCUT2D eigenvalue weighted by Gasteiger charge is -2.19. The summed E-state index contributed by atoms with van der Waals surface area (Å²) in [5.74, 6) is -0.122. The quantitative estimate of drug-likeness (QED) is 0.759. The molecule has 9 heteroatoms. The van der Waals surface area contributed by atoms with Gasteiger partial charge in [0.05, 0.1) is 10.5 Å². The lowest BCUT2D eigenvalue weighted by atomic mass is 10.2. The average molecular weight is 405 g/mol. The molecule has 3 rings (SSSR count). The lowest BCUT2D eigenvalue weighted by Crippen LogP contribution is -2.30. The molecule has 1 amide bonds. The molecule has 0 fully saturated rings. The predicted molar refractivity (Wildman–Crippen MR) is 100 cm³/mol. The van der Waals surface area contributed by atoms with Gasteiger partial charge in [-0.2, -0.15) is 0 Å². The van der Waals surface area contributed by atoms with Crippen molar-refractivity contribution in [1.29, 1.82) is 0 Å². The van der Waals surface area contributed by atoms with E-state index in [9.17, 15) is 18.0 Å². The van der Waals surface area contributed by atoms with Crippen molar-refractivity contribution >= 4 is 27.4 Å². The number of carbonyl (C=O) groups is 2. The summed E-state index contributed by atoms with van der Waals surface area (Å²) in [5.41, 5.74) is 0.626. The zero-order valence-electron chi connectivity index (χ0n) is 15.3. The third-order valence-electron chi connectivity index (χ3n) is 3.98. The molecule has 0 aliphatic carbocycles. The fraction of sp³-hybridized carbons (Fsp3) is 0.263. The molecular formula is C19H19NO7S. The van der Waals surface area contributed by atoms with Gasteiger partial charge in [-0.05, 0) is 43.3 Å². The van der Waals surface area contributed by atoms with Crippen molar-refractivity contribution in [2.24, 2.45) is 0 Å². The number of sulfone groups is 1. The molecule has 2 aromatic rings. The molecule has 1 unspecified atom stereocenters. The molecule has 1 atom stereocenters. The number of anilines is 1. The van der Waals surface area contributed by atoms with Crippen molar-refractivity contribution in [3.05, 3.63) is 48.0 Å². The Hall–Kier alpha value is -3.07. The summed E-state index contributed by atoms with van der Waals surface area (Å²) < 4.78 is 38.9. The predicted octanol–water partition coefficient (Wildman–Crippen LogP) is 2.05. The van der Waals surface area contributed by atoms with Crippen LogP contribution in [0.25, 0.3) is 0 Å². The molecule has 0 saturated heterocycles. The van der Waals surface area contributed by atoms with Crippen LogP contribution in [0.1, 0.15) is 17.3 Å². The van der Waals surface area contributed by atoms with Crippen LogP contribution in [0.3, 0.4) is 0 Å². The largest absolute Gasteiger partial charge is 0.486 e. The Kier molecular flexibility index (Phi) is 5.55. The topological polar surface area (TPSA) is 108 Å². The minimum absolute atomic E-state index is 0.0912. The highest BCUT2D eigenvalue weighted by molar-refractivity contribution is 7.90. The van der Waals surface area contributed by atoms with Crippen molar-refractivity contribution in [2.75, 3.05) is 24.8 Å². The van der Waals surface area contributed by atoms with E-state index < -0.39 is 27.8 Å². The number of rotatable bonds is 5. The first-order valence-electron chi connectivity index (χ1n) is 8.45. The van der Waals surface area contributed by atoms with Crippen LogP contribution in [0.2, 0.25) is 0 Å². The van der Waals surface area contributed by atoms with E-state index in [1.54, 1.807) is 18.2 Å². The molecule has 0 spiro atoms. The molecular weight excluding hydrogens is 386 g/mol. The van der Waals surface area contributed by atoms with Crippen molar-refractivity contribution in [3.8, 4) is 11.5 Å². The highest BCUT2D eigenvalue weighted by Gasteiger charge is 2.20. The second-order valence-corrected chi connectivity index (χ2v) is 8.21. The van der Waals surface area contributed by atoms with Gasteiger partial charge < -0.3 is 19.5 Å². The number of esters is 1. The van der Waals surface area contributed by atoms with Crippen LogP contribution in [0.15, 0.2) is 47.4 Å². The van der Waals surface area contributed by atoms with Crippen LogP contribution in [-0.4, -0.2) is 45.9 Å². The Morgan fingerprint density at radius 3 is 2.32 bits per heavy atom. The Balaban J connectivity index is 1.61. The summed E-state index contributed by atoms with van der Waals surface area (Å²) in [7, 11) is -3.36. The fourth-order valence-electron chi connectivity index (χ4n) is 2.49. The first-order chi connectivity index (χ1) is 13.2. The van der Waals surface area contributed by atoms with E-state index in [-0.39, 0.29) is 10.5 Å². The summed E-state index contributed by atoms with van der Waals surface area (Å²) in [4.78, 5) is 24.6.